The van der Waals surface area contributed by atoms with Crippen molar-refractivity contribution in [3.05, 3.63) is 74.1 Å². The minimum atomic E-state index is -0.612. The molecule has 0 radical (unpaired) electrons. The number of nitro benzene ring substituents is 2. The SMILES string of the molecule is CCn1c(SCC(=O)Nc2ccc(OC)cc2[N+](=O)[O-])nnc1[C@H](NC(=O)c1cccc([N+](=O)[O-])c1)C(C)C. The molecule has 1 heterocycles. The monoisotopic (exact) mass is 557 g/mol. The lowest BCUT2D eigenvalue weighted by Gasteiger charge is -2.22. The Balaban J connectivity index is 1.74. The number of nitrogens with zero attached hydrogens (tertiary/aromatic N) is 5. The van der Waals surface area contributed by atoms with E-state index in [2.05, 4.69) is 20.8 Å². The van der Waals surface area contributed by atoms with E-state index < -0.39 is 27.7 Å². The summed E-state index contributed by atoms with van der Waals surface area (Å²) in [5.41, 5.74) is -0.326. The van der Waals surface area contributed by atoms with Crippen LogP contribution in [0.3, 0.4) is 0 Å². The first-order valence-corrected chi connectivity index (χ1v) is 12.8. The summed E-state index contributed by atoms with van der Waals surface area (Å²) in [6.45, 7) is 6.06. The lowest BCUT2D eigenvalue weighted by Crippen LogP contribution is -2.33. The molecule has 39 heavy (non-hydrogen) atoms. The number of rotatable bonds is 12. The van der Waals surface area contributed by atoms with Gasteiger partial charge in [0, 0.05) is 24.2 Å². The molecule has 3 rings (SSSR count). The topological polar surface area (TPSA) is 184 Å². The van der Waals surface area contributed by atoms with Gasteiger partial charge in [-0.05, 0) is 31.0 Å². The molecule has 1 atom stereocenters. The van der Waals surface area contributed by atoms with Gasteiger partial charge < -0.3 is 19.9 Å². The molecule has 0 unspecified atom stereocenters. The van der Waals surface area contributed by atoms with Crippen molar-refractivity contribution in [2.45, 2.75) is 38.5 Å². The normalized spacial score (nSPS) is 11.6. The van der Waals surface area contributed by atoms with Crippen LogP contribution in [0.15, 0.2) is 47.6 Å². The maximum Gasteiger partial charge on any atom is 0.296 e. The van der Waals surface area contributed by atoms with Crippen molar-refractivity contribution in [1.29, 1.82) is 0 Å². The van der Waals surface area contributed by atoms with Gasteiger partial charge in [-0.2, -0.15) is 0 Å². The molecule has 0 fully saturated rings. The molecule has 1 aromatic heterocycles. The number of anilines is 1. The molecule has 2 aromatic carbocycles. The highest BCUT2D eigenvalue weighted by Gasteiger charge is 2.27. The van der Waals surface area contributed by atoms with Crippen LogP contribution < -0.4 is 15.4 Å². The minimum Gasteiger partial charge on any atom is -0.496 e. The number of carbonyl (C=O) groups excluding carboxylic acids is 2. The van der Waals surface area contributed by atoms with Crippen LogP contribution in [0.25, 0.3) is 0 Å². The van der Waals surface area contributed by atoms with Crippen molar-refractivity contribution in [2.24, 2.45) is 5.92 Å². The Kier molecular flexibility index (Phi) is 9.54. The number of nitrogens with one attached hydrogen (secondary N) is 2. The summed E-state index contributed by atoms with van der Waals surface area (Å²) in [5, 5.41) is 36.7. The average Bonchev–Trinajstić information content (AvgIpc) is 3.32. The minimum absolute atomic E-state index is 0.0350. The fourth-order valence-electron chi connectivity index (χ4n) is 3.66. The maximum absolute atomic E-state index is 12.9. The molecule has 0 bridgehead atoms. The van der Waals surface area contributed by atoms with Crippen LogP contribution in [0.2, 0.25) is 0 Å². The molecule has 206 valence electrons. The second kappa shape index (κ2) is 12.8. The van der Waals surface area contributed by atoms with Crippen LogP contribution in [-0.4, -0.2) is 49.3 Å². The Hall–Kier alpha value is -4.53. The number of thioether (sulfide) groups is 1. The van der Waals surface area contributed by atoms with Gasteiger partial charge in [0.2, 0.25) is 5.91 Å². The third kappa shape index (κ3) is 7.07. The Morgan fingerprint density at radius 3 is 2.46 bits per heavy atom. The molecule has 15 heteroatoms. The van der Waals surface area contributed by atoms with E-state index in [-0.39, 0.29) is 40.0 Å². The highest BCUT2D eigenvalue weighted by molar-refractivity contribution is 7.99. The molecule has 14 nitrogen and oxygen atoms in total. The molecule has 2 amide bonds. The predicted octanol–water partition coefficient (Wildman–Crippen LogP) is 3.98. The van der Waals surface area contributed by atoms with E-state index in [9.17, 15) is 29.8 Å². The molecular formula is C24H27N7O7S. The van der Waals surface area contributed by atoms with E-state index in [0.29, 0.717) is 17.5 Å². The standard InChI is InChI=1S/C24H27N7O7S/c1-5-29-22(21(14(2)3)26-23(33)15-7-6-8-16(11-15)30(34)35)27-28-24(29)39-13-20(32)25-18-10-9-17(38-4)12-19(18)31(36)37/h6-12,14,21H,5,13H2,1-4H3,(H,25,32)(H,26,33)/t21-/m1/s1. The fraction of sp³-hybridized carbons (Fsp3) is 0.333. The maximum atomic E-state index is 12.9. The molecular weight excluding hydrogens is 530 g/mol. The lowest BCUT2D eigenvalue weighted by molar-refractivity contribution is -0.384. The highest BCUT2D eigenvalue weighted by Crippen LogP contribution is 2.30. The van der Waals surface area contributed by atoms with Crippen molar-refractivity contribution < 1.29 is 24.2 Å². The van der Waals surface area contributed by atoms with Crippen LogP contribution in [0.4, 0.5) is 17.1 Å². The van der Waals surface area contributed by atoms with Crippen LogP contribution in [0.1, 0.15) is 43.0 Å². The summed E-state index contributed by atoms with van der Waals surface area (Å²) >= 11 is 1.09. The molecule has 0 aliphatic carbocycles. The largest absolute Gasteiger partial charge is 0.496 e. The zero-order valence-corrected chi connectivity index (χ0v) is 22.4. The highest BCUT2D eigenvalue weighted by atomic mass is 32.2. The number of hydrogen-bond acceptors (Lipinski definition) is 10. The van der Waals surface area contributed by atoms with Crippen LogP contribution in [0, 0.1) is 26.1 Å². The quantitative estimate of drug-likeness (QED) is 0.187. The van der Waals surface area contributed by atoms with Crippen molar-refractivity contribution in [3.8, 4) is 5.75 Å². The van der Waals surface area contributed by atoms with Gasteiger partial charge in [-0.15, -0.1) is 10.2 Å². The van der Waals surface area contributed by atoms with Crippen LogP contribution in [-0.2, 0) is 11.3 Å². The van der Waals surface area contributed by atoms with E-state index in [1.54, 1.807) is 4.57 Å². The Morgan fingerprint density at radius 2 is 1.85 bits per heavy atom. The van der Waals surface area contributed by atoms with Gasteiger partial charge in [-0.3, -0.25) is 29.8 Å². The van der Waals surface area contributed by atoms with Gasteiger partial charge in [-0.25, -0.2) is 0 Å². The number of amides is 2. The average molecular weight is 558 g/mol. The first-order valence-electron chi connectivity index (χ1n) is 11.8. The van der Waals surface area contributed by atoms with E-state index in [1.807, 2.05) is 20.8 Å². The third-order valence-electron chi connectivity index (χ3n) is 5.62. The zero-order chi connectivity index (χ0) is 28.7. The molecule has 3 aromatic rings. The summed E-state index contributed by atoms with van der Waals surface area (Å²) in [4.78, 5) is 46.8. The van der Waals surface area contributed by atoms with E-state index in [4.69, 9.17) is 4.74 Å². The number of hydrogen-bond donors (Lipinski definition) is 2. The number of aromatic nitrogens is 3. The smallest absolute Gasteiger partial charge is 0.296 e. The first kappa shape index (κ1) is 29.0. The summed E-state index contributed by atoms with van der Waals surface area (Å²) in [7, 11) is 1.38. The number of benzene rings is 2. The van der Waals surface area contributed by atoms with Crippen molar-refractivity contribution in [1.82, 2.24) is 20.1 Å². The van der Waals surface area contributed by atoms with Gasteiger partial charge in [0.25, 0.3) is 17.3 Å². The second-order valence-corrected chi connectivity index (χ2v) is 9.51. The second-order valence-electron chi connectivity index (χ2n) is 8.56. The van der Waals surface area contributed by atoms with Crippen molar-refractivity contribution in [3.63, 3.8) is 0 Å². The van der Waals surface area contributed by atoms with Crippen LogP contribution >= 0.6 is 11.8 Å². The predicted molar refractivity (Wildman–Crippen MR) is 143 cm³/mol. The molecule has 0 saturated carbocycles. The van der Waals surface area contributed by atoms with E-state index >= 15 is 0 Å². The summed E-state index contributed by atoms with van der Waals surface area (Å²) in [5.74, 6) is -0.459. The Morgan fingerprint density at radius 1 is 1.10 bits per heavy atom. The molecule has 0 aliphatic heterocycles. The van der Waals surface area contributed by atoms with Gasteiger partial charge in [0.05, 0.1) is 34.8 Å². The van der Waals surface area contributed by atoms with Gasteiger partial charge in [0.15, 0.2) is 11.0 Å². The number of methoxy groups -OCH3 is 1. The Bertz CT molecular complexity index is 1390. The van der Waals surface area contributed by atoms with Gasteiger partial charge >= 0.3 is 0 Å². The molecule has 2 N–H and O–H groups in total. The van der Waals surface area contributed by atoms with Crippen molar-refractivity contribution >= 4 is 40.6 Å². The van der Waals surface area contributed by atoms with E-state index in [0.717, 1.165) is 11.8 Å². The lowest BCUT2D eigenvalue weighted by atomic mass is 10.0. The molecule has 0 saturated heterocycles. The number of nitro groups is 2. The summed E-state index contributed by atoms with van der Waals surface area (Å²) in [6, 6.07) is 8.96. The Labute approximate surface area is 227 Å². The van der Waals surface area contributed by atoms with E-state index in [1.165, 1.54) is 49.6 Å². The molecule has 0 spiro atoms. The van der Waals surface area contributed by atoms with Gasteiger partial charge in [-0.1, -0.05) is 31.7 Å². The zero-order valence-electron chi connectivity index (χ0n) is 21.6. The number of ether oxygens (including phenoxy) is 1. The molecule has 0 aliphatic rings. The first-order chi connectivity index (χ1) is 18.5. The van der Waals surface area contributed by atoms with Crippen molar-refractivity contribution in [2.75, 3.05) is 18.2 Å². The number of carbonyl (C=O) groups is 2. The van der Waals surface area contributed by atoms with Gasteiger partial charge in [0.1, 0.15) is 11.4 Å². The summed E-state index contributed by atoms with van der Waals surface area (Å²) in [6.07, 6.45) is 0. The fourth-order valence-corrected chi connectivity index (χ4v) is 4.47. The third-order valence-corrected chi connectivity index (χ3v) is 6.59. The summed E-state index contributed by atoms with van der Waals surface area (Å²) < 4.78 is 6.76. The van der Waals surface area contributed by atoms with Crippen LogP contribution in [0.5, 0.6) is 5.75 Å². The number of non-ortho nitro benzene ring substituents is 1.